The van der Waals surface area contributed by atoms with E-state index in [-0.39, 0.29) is 12.1 Å². The maximum absolute atomic E-state index is 11.3. The monoisotopic (exact) mass is 185 g/mol. The Morgan fingerprint density at radius 1 is 1.46 bits per heavy atom. The molecule has 3 heteroatoms. The van der Waals surface area contributed by atoms with Crippen molar-refractivity contribution in [1.82, 2.24) is 5.32 Å². The normalized spacial score (nSPS) is 19.0. The molecule has 0 aromatic rings. The molecular weight excluding hydrogens is 166 g/mol. The van der Waals surface area contributed by atoms with Gasteiger partial charge in [-0.05, 0) is 31.8 Å². The summed E-state index contributed by atoms with van der Waals surface area (Å²) in [5.41, 5.74) is 0. The highest BCUT2D eigenvalue weighted by atomic mass is 16.5. The van der Waals surface area contributed by atoms with E-state index < -0.39 is 0 Å². The van der Waals surface area contributed by atoms with Gasteiger partial charge in [0.1, 0.15) is 6.10 Å². The molecule has 76 valence electrons. The molecule has 1 fully saturated rings. The van der Waals surface area contributed by atoms with Gasteiger partial charge in [0.25, 0.3) is 0 Å². The molecule has 0 bridgehead atoms. The van der Waals surface area contributed by atoms with Crippen LogP contribution in [-0.2, 0) is 9.53 Å². The quantitative estimate of drug-likeness (QED) is 0.674. The summed E-state index contributed by atoms with van der Waals surface area (Å²) in [5.74, 6) is 0.358. The standard InChI is InChI=1S/C10H19NO2/c1-8(2)7-10(12)13-9-3-5-11-6-4-9/h8-9,11H,3-7H2,1-2H3. The average molecular weight is 185 g/mol. The lowest BCUT2D eigenvalue weighted by Crippen LogP contribution is -2.33. The van der Waals surface area contributed by atoms with Crippen LogP contribution in [0.3, 0.4) is 0 Å². The molecule has 0 aromatic heterocycles. The first-order valence-electron chi connectivity index (χ1n) is 5.08. The van der Waals surface area contributed by atoms with Crippen LogP contribution in [0.25, 0.3) is 0 Å². The summed E-state index contributed by atoms with van der Waals surface area (Å²) >= 11 is 0. The highest BCUT2D eigenvalue weighted by Gasteiger charge is 2.17. The Balaban J connectivity index is 2.18. The van der Waals surface area contributed by atoms with Gasteiger partial charge in [-0.3, -0.25) is 4.79 Å². The van der Waals surface area contributed by atoms with E-state index in [0.717, 1.165) is 25.9 Å². The summed E-state index contributed by atoms with van der Waals surface area (Å²) in [6, 6.07) is 0. The third-order valence-electron chi connectivity index (χ3n) is 2.16. The number of carbonyl (C=O) groups excluding carboxylic acids is 1. The molecule has 0 aromatic carbocycles. The van der Waals surface area contributed by atoms with Crippen LogP contribution in [-0.4, -0.2) is 25.2 Å². The van der Waals surface area contributed by atoms with Crippen molar-refractivity contribution in [2.75, 3.05) is 13.1 Å². The van der Waals surface area contributed by atoms with Crippen LogP contribution in [0.15, 0.2) is 0 Å². The number of hydrogen-bond acceptors (Lipinski definition) is 3. The molecular formula is C10H19NO2. The Kier molecular flexibility index (Phi) is 4.22. The van der Waals surface area contributed by atoms with Gasteiger partial charge in [0, 0.05) is 6.42 Å². The van der Waals surface area contributed by atoms with Crippen LogP contribution >= 0.6 is 0 Å². The predicted octanol–water partition coefficient (Wildman–Crippen LogP) is 1.33. The number of rotatable bonds is 3. The third kappa shape index (κ3) is 4.27. The van der Waals surface area contributed by atoms with Crippen LogP contribution < -0.4 is 5.32 Å². The number of carbonyl (C=O) groups is 1. The van der Waals surface area contributed by atoms with Crippen molar-refractivity contribution in [3.05, 3.63) is 0 Å². The van der Waals surface area contributed by atoms with Gasteiger partial charge in [-0.1, -0.05) is 13.8 Å². The predicted molar refractivity (Wildman–Crippen MR) is 51.4 cm³/mol. The Morgan fingerprint density at radius 3 is 2.62 bits per heavy atom. The topological polar surface area (TPSA) is 38.3 Å². The summed E-state index contributed by atoms with van der Waals surface area (Å²) < 4.78 is 5.32. The molecule has 3 nitrogen and oxygen atoms in total. The SMILES string of the molecule is CC(C)CC(=O)OC1CCNCC1. The van der Waals surface area contributed by atoms with Crippen molar-refractivity contribution < 1.29 is 9.53 Å². The van der Waals surface area contributed by atoms with Gasteiger partial charge < -0.3 is 10.1 Å². The van der Waals surface area contributed by atoms with Crippen molar-refractivity contribution in [3.63, 3.8) is 0 Å². The molecule has 0 spiro atoms. The fourth-order valence-corrected chi connectivity index (χ4v) is 1.48. The lowest BCUT2D eigenvalue weighted by Gasteiger charge is -2.23. The maximum Gasteiger partial charge on any atom is 0.306 e. The van der Waals surface area contributed by atoms with E-state index in [1.807, 2.05) is 13.8 Å². The molecule has 1 N–H and O–H groups in total. The smallest absolute Gasteiger partial charge is 0.306 e. The highest BCUT2D eigenvalue weighted by Crippen LogP contribution is 2.10. The van der Waals surface area contributed by atoms with E-state index >= 15 is 0 Å². The molecule has 1 heterocycles. The van der Waals surface area contributed by atoms with E-state index in [0.29, 0.717) is 12.3 Å². The summed E-state index contributed by atoms with van der Waals surface area (Å²) in [4.78, 5) is 11.3. The zero-order valence-corrected chi connectivity index (χ0v) is 8.51. The summed E-state index contributed by atoms with van der Waals surface area (Å²) in [7, 11) is 0. The van der Waals surface area contributed by atoms with Gasteiger partial charge in [0.2, 0.25) is 0 Å². The van der Waals surface area contributed by atoms with Crippen molar-refractivity contribution in [1.29, 1.82) is 0 Å². The zero-order chi connectivity index (χ0) is 9.68. The first-order valence-corrected chi connectivity index (χ1v) is 5.08. The second-order valence-electron chi connectivity index (χ2n) is 4.04. The number of ether oxygens (including phenoxy) is 1. The largest absolute Gasteiger partial charge is 0.462 e. The minimum Gasteiger partial charge on any atom is -0.462 e. The fraction of sp³-hybridized carbons (Fsp3) is 0.900. The number of nitrogens with one attached hydrogen (secondary N) is 1. The van der Waals surface area contributed by atoms with E-state index in [9.17, 15) is 4.79 Å². The van der Waals surface area contributed by atoms with Gasteiger partial charge in [-0.2, -0.15) is 0 Å². The Labute approximate surface area is 79.8 Å². The van der Waals surface area contributed by atoms with Crippen LogP contribution in [0, 0.1) is 5.92 Å². The molecule has 0 amide bonds. The Bertz CT molecular complexity index is 162. The van der Waals surface area contributed by atoms with Gasteiger partial charge in [-0.15, -0.1) is 0 Å². The molecule has 1 rings (SSSR count). The lowest BCUT2D eigenvalue weighted by atomic mass is 10.1. The van der Waals surface area contributed by atoms with Crippen LogP contribution in [0.4, 0.5) is 0 Å². The van der Waals surface area contributed by atoms with Crippen molar-refractivity contribution >= 4 is 5.97 Å². The molecule has 0 atom stereocenters. The third-order valence-corrected chi connectivity index (χ3v) is 2.16. The van der Waals surface area contributed by atoms with E-state index in [4.69, 9.17) is 4.74 Å². The van der Waals surface area contributed by atoms with Crippen molar-refractivity contribution in [3.8, 4) is 0 Å². The molecule has 1 aliphatic rings. The van der Waals surface area contributed by atoms with Crippen LogP contribution in [0.5, 0.6) is 0 Å². The van der Waals surface area contributed by atoms with Crippen LogP contribution in [0.2, 0.25) is 0 Å². The van der Waals surface area contributed by atoms with E-state index in [2.05, 4.69) is 5.32 Å². The van der Waals surface area contributed by atoms with Gasteiger partial charge >= 0.3 is 5.97 Å². The molecule has 13 heavy (non-hydrogen) atoms. The van der Waals surface area contributed by atoms with E-state index in [1.165, 1.54) is 0 Å². The Hall–Kier alpha value is -0.570. The van der Waals surface area contributed by atoms with Crippen LogP contribution in [0.1, 0.15) is 33.1 Å². The van der Waals surface area contributed by atoms with Crippen molar-refractivity contribution in [2.24, 2.45) is 5.92 Å². The molecule has 0 radical (unpaired) electrons. The van der Waals surface area contributed by atoms with E-state index in [1.54, 1.807) is 0 Å². The van der Waals surface area contributed by atoms with Gasteiger partial charge in [0.15, 0.2) is 0 Å². The zero-order valence-electron chi connectivity index (χ0n) is 8.51. The Morgan fingerprint density at radius 2 is 2.08 bits per heavy atom. The molecule has 1 aliphatic heterocycles. The first-order chi connectivity index (χ1) is 6.18. The number of piperidine rings is 1. The fourth-order valence-electron chi connectivity index (χ4n) is 1.48. The molecule has 0 unspecified atom stereocenters. The minimum atomic E-state index is -0.0399. The molecule has 0 saturated carbocycles. The summed E-state index contributed by atoms with van der Waals surface area (Å²) in [5, 5.41) is 3.24. The van der Waals surface area contributed by atoms with Gasteiger partial charge in [-0.25, -0.2) is 0 Å². The average Bonchev–Trinajstić information content (AvgIpc) is 2.04. The maximum atomic E-state index is 11.3. The first kappa shape index (κ1) is 10.5. The second kappa shape index (κ2) is 5.22. The summed E-state index contributed by atoms with van der Waals surface area (Å²) in [6.07, 6.45) is 2.63. The molecule has 1 saturated heterocycles. The number of hydrogen-bond donors (Lipinski definition) is 1. The van der Waals surface area contributed by atoms with Crippen molar-refractivity contribution in [2.45, 2.75) is 39.2 Å². The summed E-state index contributed by atoms with van der Waals surface area (Å²) in [6.45, 7) is 6.01. The lowest BCUT2D eigenvalue weighted by molar-refractivity contribution is -0.151. The minimum absolute atomic E-state index is 0.0399. The highest BCUT2D eigenvalue weighted by molar-refractivity contribution is 5.69. The second-order valence-corrected chi connectivity index (χ2v) is 4.04. The molecule has 0 aliphatic carbocycles. The van der Waals surface area contributed by atoms with Gasteiger partial charge in [0.05, 0.1) is 0 Å². The number of esters is 1.